The molecule has 1 N–H and O–H groups in total. The summed E-state index contributed by atoms with van der Waals surface area (Å²) < 4.78 is 7.50. The third-order valence-corrected chi connectivity index (χ3v) is 4.88. The Morgan fingerprint density at radius 2 is 2.26 bits per heavy atom. The van der Waals surface area contributed by atoms with Gasteiger partial charge in [0, 0.05) is 17.8 Å². The highest BCUT2D eigenvalue weighted by molar-refractivity contribution is 7.73. The van der Waals surface area contributed by atoms with Crippen molar-refractivity contribution in [1.82, 2.24) is 4.57 Å². The second-order valence-corrected chi connectivity index (χ2v) is 6.61. The lowest BCUT2D eigenvalue weighted by Crippen LogP contribution is -2.30. The second-order valence-electron chi connectivity index (χ2n) is 4.93. The van der Waals surface area contributed by atoms with Gasteiger partial charge in [-0.2, -0.15) is 0 Å². The first kappa shape index (κ1) is 15.6. The number of amides is 1. The van der Waals surface area contributed by atoms with Crippen molar-refractivity contribution in [2.75, 3.05) is 6.61 Å². The summed E-state index contributed by atoms with van der Waals surface area (Å²) in [4.78, 5) is 16.8. The van der Waals surface area contributed by atoms with E-state index < -0.39 is 0 Å². The van der Waals surface area contributed by atoms with Crippen molar-refractivity contribution in [3.05, 3.63) is 43.2 Å². The van der Waals surface area contributed by atoms with Crippen LogP contribution in [0, 0.1) is 3.95 Å². The Kier molecular flexibility index (Phi) is 4.14. The molecule has 1 aliphatic rings. The Labute approximate surface area is 141 Å². The van der Waals surface area contributed by atoms with Gasteiger partial charge < -0.3 is 9.84 Å². The lowest BCUT2D eigenvalue weighted by Gasteiger charge is -2.06. The maximum absolute atomic E-state index is 12.2. The molecule has 0 fully saturated rings. The quantitative estimate of drug-likeness (QED) is 0.681. The normalized spacial score (nSPS) is 15.0. The topological polar surface area (TPSA) is 63.8 Å². The minimum absolute atomic E-state index is 0.0440. The van der Waals surface area contributed by atoms with Crippen LogP contribution in [0.2, 0.25) is 0 Å². The molecular weight excluding hydrogens is 332 g/mol. The van der Waals surface area contributed by atoms with Gasteiger partial charge in [0.05, 0.1) is 16.8 Å². The number of ether oxygens (including phenoxy) is 1. The number of benzene rings is 1. The first-order chi connectivity index (χ1) is 11.0. The molecule has 1 aliphatic heterocycles. The number of aromatic hydroxyl groups is 1. The predicted octanol–water partition coefficient (Wildman–Crippen LogP) is 1.94. The Morgan fingerprint density at radius 1 is 1.48 bits per heavy atom. The average molecular weight is 346 g/mol. The van der Waals surface area contributed by atoms with Gasteiger partial charge in [0.25, 0.3) is 5.91 Å². The first-order valence-electron chi connectivity index (χ1n) is 6.97. The zero-order valence-electron chi connectivity index (χ0n) is 12.6. The largest absolute Gasteiger partial charge is 0.494 e. The standard InChI is InChI=1S/C16H14N2O3S2/c1-3-21-11-4-5-12-9(7-11)6-10(14(19)17-12)8-13-15(20)18(2)16(22)23-13/h4-8,20H,3H2,1-2H3. The summed E-state index contributed by atoms with van der Waals surface area (Å²) in [6.07, 6.45) is 3.35. The van der Waals surface area contributed by atoms with Gasteiger partial charge in [-0.25, -0.2) is 4.99 Å². The maximum atomic E-state index is 12.2. The fraction of sp³-hybridized carbons (Fsp3) is 0.188. The third-order valence-electron chi connectivity index (χ3n) is 3.39. The zero-order chi connectivity index (χ0) is 16.6. The van der Waals surface area contributed by atoms with Crippen LogP contribution in [0.1, 0.15) is 11.8 Å². The van der Waals surface area contributed by atoms with Gasteiger partial charge in [-0.15, -0.1) is 11.3 Å². The number of thiazole rings is 1. The molecule has 1 aromatic carbocycles. The highest BCUT2D eigenvalue weighted by Gasteiger charge is 2.14. The van der Waals surface area contributed by atoms with Crippen molar-refractivity contribution in [2.45, 2.75) is 6.92 Å². The number of carbonyl (C=O) groups excluding carboxylic acids is 1. The predicted molar refractivity (Wildman–Crippen MR) is 91.6 cm³/mol. The van der Waals surface area contributed by atoms with Gasteiger partial charge in [0.15, 0.2) is 3.95 Å². The summed E-state index contributed by atoms with van der Waals surface area (Å²) in [5, 5.41) is 11.4. The van der Waals surface area contributed by atoms with Crippen molar-refractivity contribution in [3.8, 4) is 11.6 Å². The van der Waals surface area contributed by atoms with E-state index in [1.165, 1.54) is 15.9 Å². The number of hydrogen-bond acceptors (Lipinski definition) is 5. The lowest BCUT2D eigenvalue weighted by molar-refractivity contribution is -0.114. The zero-order valence-corrected chi connectivity index (χ0v) is 14.2. The van der Waals surface area contributed by atoms with E-state index in [1.807, 2.05) is 13.0 Å². The number of rotatable bonds is 3. The van der Waals surface area contributed by atoms with Crippen LogP contribution >= 0.6 is 23.6 Å². The van der Waals surface area contributed by atoms with E-state index in [2.05, 4.69) is 4.99 Å². The van der Waals surface area contributed by atoms with E-state index in [1.54, 1.807) is 31.3 Å². The van der Waals surface area contributed by atoms with E-state index in [9.17, 15) is 9.90 Å². The number of carbonyl (C=O) groups is 1. The van der Waals surface area contributed by atoms with E-state index in [0.29, 0.717) is 26.4 Å². The fourth-order valence-electron chi connectivity index (χ4n) is 2.21. The Bertz CT molecular complexity index is 999. The minimum Gasteiger partial charge on any atom is -0.494 e. The van der Waals surface area contributed by atoms with Crippen molar-refractivity contribution < 1.29 is 14.6 Å². The van der Waals surface area contributed by atoms with Gasteiger partial charge in [-0.3, -0.25) is 9.36 Å². The summed E-state index contributed by atoms with van der Waals surface area (Å²) in [5.41, 5.74) is 0.401. The van der Waals surface area contributed by atoms with Crippen LogP contribution in [-0.4, -0.2) is 22.2 Å². The number of nitrogens with zero attached hydrogens (tertiary/aromatic N) is 2. The molecule has 2 heterocycles. The smallest absolute Gasteiger partial charge is 0.277 e. The monoisotopic (exact) mass is 346 g/mol. The summed E-state index contributed by atoms with van der Waals surface area (Å²) in [6.45, 7) is 2.48. The summed E-state index contributed by atoms with van der Waals surface area (Å²) in [5.74, 6) is 0.426. The summed E-state index contributed by atoms with van der Waals surface area (Å²) in [7, 11) is 1.68. The van der Waals surface area contributed by atoms with Gasteiger partial charge in [-0.1, -0.05) is 0 Å². The maximum Gasteiger partial charge on any atom is 0.277 e. The van der Waals surface area contributed by atoms with Gasteiger partial charge in [0.2, 0.25) is 5.88 Å². The molecule has 1 aromatic heterocycles. The van der Waals surface area contributed by atoms with Crippen LogP contribution in [0.5, 0.6) is 11.6 Å². The van der Waals surface area contributed by atoms with Gasteiger partial charge in [0.1, 0.15) is 5.75 Å². The molecular formula is C16H14N2O3S2. The van der Waals surface area contributed by atoms with Crippen molar-refractivity contribution >= 4 is 41.6 Å². The Hall–Kier alpha value is -2.25. The summed E-state index contributed by atoms with van der Waals surface area (Å²) in [6, 6.07) is 5.39. The van der Waals surface area contributed by atoms with Gasteiger partial charge >= 0.3 is 0 Å². The van der Waals surface area contributed by atoms with E-state index in [0.717, 1.165) is 11.0 Å². The van der Waals surface area contributed by atoms with Gasteiger partial charge in [-0.05, 0) is 49.5 Å². The molecule has 5 nitrogen and oxygen atoms in total. The molecule has 118 valence electrons. The molecule has 0 spiro atoms. The molecule has 0 saturated carbocycles. The molecule has 0 radical (unpaired) electrons. The van der Waals surface area contributed by atoms with Crippen LogP contribution in [0.15, 0.2) is 28.8 Å². The van der Waals surface area contributed by atoms with Crippen LogP contribution in [0.25, 0.3) is 12.2 Å². The lowest BCUT2D eigenvalue weighted by atomic mass is 10.1. The Morgan fingerprint density at radius 3 is 2.91 bits per heavy atom. The molecule has 0 saturated heterocycles. The summed E-state index contributed by atoms with van der Waals surface area (Å²) >= 11 is 6.37. The molecule has 7 heteroatoms. The Balaban J connectivity index is 2.12. The minimum atomic E-state index is -0.344. The van der Waals surface area contributed by atoms with E-state index in [-0.39, 0.29) is 11.8 Å². The van der Waals surface area contributed by atoms with Crippen LogP contribution in [-0.2, 0) is 11.8 Å². The van der Waals surface area contributed by atoms with Crippen LogP contribution in [0.4, 0.5) is 0 Å². The fourth-order valence-corrected chi connectivity index (χ4v) is 3.39. The van der Waals surface area contributed by atoms with Crippen molar-refractivity contribution in [2.24, 2.45) is 12.0 Å². The molecule has 23 heavy (non-hydrogen) atoms. The van der Waals surface area contributed by atoms with Crippen LogP contribution in [0.3, 0.4) is 0 Å². The molecule has 0 unspecified atom stereocenters. The number of aromatic nitrogens is 1. The van der Waals surface area contributed by atoms with Crippen LogP contribution < -0.4 is 15.3 Å². The molecule has 1 amide bonds. The highest BCUT2D eigenvalue weighted by Crippen LogP contribution is 2.27. The highest BCUT2D eigenvalue weighted by atomic mass is 32.1. The SMILES string of the molecule is CCOc1ccc2c(c1)=CC(=Cc1sc(=S)n(C)c1O)C(=O)N=2. The number of fused-ring (bicyclic) bond motifs is 1. The average Bonchev–Trinajstić information content (AvgIpc) is 2.76. The molecule has 0 atom stereocenters. The molecule has 0 aliphatic carbocycles. The molecule has 0 bridgehead atoms. The first-order valence-corrected chi connectivity index (χ1v) is 8.20. The van der Waals surface area contributed by atoms with E-state index in [4.69, 9.17) is 17.0 Å². The van der Waals surface area contributed by atoms with E-state index >= 15 is 0 Å². The molecule has 3 rings (SSSR count). The van der Waals surface area contributed by atoms with Crippen molar-refractivity contribution in [1.29, 1.82) is 0 Å². The second kappa shape index (κ2) is 6.10. The third kappa shape index (κ3) is 2.97. The number of hydrogen-bond donors (Lipinski definition) is 1. The molecule has 2 aromatic rings. The van der Waals surface area contributed by atoms with Crippen molar-refractivity contribution in [3.63, 3.8) is 0 Å².